The van der Waals surface area contributed by atoms with Gasteiger partial charge in [0.25, 0.3) is 5.91 Å². The van der Waals surface area contributed by atoms with Crippen LogP contribution in [0.3, 0.4) is 0 Å². The molecule has 1 unspecified atom stereocenters. The molecule has 1 atom stereocenters. The van der Waals surface area contributed by atoms with Crippen molar-refractivity contribution in [1.82, 2.24) is 10.3 Å². The standard InChI is InChI=1S/C16H20N2O5/c1-10(8-21-2)17-15(19)9-23-16(20)14-6-11-4-5-12(22-3)7-13(11)18-14/h4-7,10,18H,8-9H2,1-3H3,(H,17,19). The van der Waals surface area contributed by atoms with E-state index in [0.717, 1.165) is 10.9 Å². The van der Waals surface area contributed by atoms with Crippen LogP contribution < -0.4 is 10.1 Å². The van der Waals surface area contributed by atoms with Gasteiger partial charge in [0.2, 0.25) is 0 Å². The summed E-state index contributed by atoms with van der Waals surface area (Å²) in [5, 5.41) is 3.52. The molecule has 2 rings (SSSR count). The van der Waals surface area contributed by atoms with Gasteiger partial charge in [0.05, 0.1) is 13.7 Å². The number of benzene rings is 1. The Bertz CT molecular complexity index is 695. The molecule has 0 radical (unpaired) electrons. The molecule has 0 saturated carbocycles. The first-order chi connectivity index (χ1) is 11.0. The zero-order chi connectivity index (χ0) is 16.8. The van der Waals surface area contributed by atoms with Gasteiger partial charge in [-0.1, -0.05) is 0 Å². The van der Waals surface area contributed by atoms with Crippen LogP contribution in [0.1, 0.15) is 17.4 Å². The van der Waals surface area contributed by atoms with E-state index < -0.39 is 5.97 Å². The largest absolute Gasteiger partial charge is 0.497 e. The Labute approximate surface area is 133 Å². The van der Waals surface area contributed by atoms with Gasteiger partial charge in [0.15, 0.2) is 6.61 Å². The summed E-state index contributed by atoms with van der Waals surface area (Å²) in [5.74, 6) is -0.277. The topological polar surface area (TPSA) is 89.7 Å². The van der Waals surface area contributed by atoms with Crippen molar-refractivity contribution in [3.05, 3.63) is 30.0 Å². The number of nitrogens with one attached hydrogen (secondary N) is 2. The Balaban J connectivity index is 1.94. The Morgan fingerprint density at radius 3 is 2.74 bits per heavy atom. The fraction of sp³-hybridized carbons (Fsp3) is 0.375. The van der Waals surface area contributed by atoms with E-state index in [1.54, 1.807) is 39.3 Å². The van der Waals surface area contributed by atoms with Gasteiger partial charge in [0, 0.05) is 30.1 Å². The minimum absolute atomic E-state index is 0.147. The highest BCUT2D eigenvalue weighted by Crippen LogP contribution is 2.21. The molecule has 0 bridgehead atoms. The quantitative estimate of drug-likeness (QED) is 0.754. The van der Waals surface area contributed by atoms with Crippen molar-refractivity contribution in [2.45, 2.75) is 13.0 Å². The summed E-state index contributed by atoms with van der Waals surface area (Å²) < 4.78 is 15.0. The number of fused-ring (bicyclic) bond motifs is 1. The molecule has 0 aliphatic heterocycles. The molecule has 2 aromatic rings. The smallest absolute Gasteiger partial charge is 0.355 e. The maximum atomic E-state index is 12.0. The molecule has 0 aliphatic carbocycles. The third-order valence-electron chi connectivity index (χ3n) is 3.21. The molecule has 23 heavy (non-hydrogen) atoms. The van der Waals surface area contributed by atoms with Gasteiger partial charge < -0.3 is 24.5 Å². The van der Waals surface area contributed by atoms with E-state index in [4.69, 9.17) is 14.2 Å². The van der Waals surface area contributed by atoms with Crippen molar-refractivity contribution in [3.63, 3.8) is 0 Å². The van der Waals surface area contributed by atoms with E-state index in [9.17, 15) is 9.59 Å². The number of methoxy groups -OCH3 is 2. The van der Waals surface area contributed by atoms with E-state index >= 15 is 0 Å². The molecule has 1 aromatic heterocycles. The fourth-order valence-electron chi connectivity index (χ4n) is 2.16. The van der Waals surface area contributed by atoms with Crippen LogP contribution in [-0.2, 0) is 14.3 Å². The molecule has 1 amide bonds. The highest BCUT2D eigenvalue weighted by atomic mass is 16.5. The molecule has 7 nitrogen and oxygen atoms in total. The van der Waals surface area contributed by atoms with E-state index in [1.807, 2.05) is 6.07 Å². The first kappa shape index (κ1) is 16.8. The number of aromatic amines is 1. The second-order valence-corrected chi connectivity index (χ2v) is 5.14. The molecule has 0 aliphatic rings. The Kier molecular flexibility index (Phi) is 5.59. The van der Waals surface area contributed by atoms with Crippen LogP contribution in [0, 0.1) is 0 Å². The second-order valence-electron chi connectivity index (χ2n) is 5.14. The third kappa shape index (κ3) is 4.46. The predicted octanol–water partition coefficient (Wildman–Crippen LogP) is 1.48. The van der Waals surface area contributed by atoms with Crippen LogP contribution in [0.2, 0.25) is 0 Å². The molecule has 1 aromatic carbocycles. The van der Waals surface area contributed by atoms with Crippen LogP contribution >= 0.6 is 0 Å². The van der Waals surface area contributed by atoms with Gasteiger partial charge in [-0.05, 0) is 25.1 Å². The summed E-state index contributed by atoms with van der Waals surface area (Å²) in [4.78, 5) is 26.6. The van der Waals surface area contributed by atoms with Crippen molar-refractivity contribution in [1.29, 1.82) is 0 Å². The monoisotopic (exact) mass is 320 g/mol. The molecule has 7 heteroatoms. The van der Waals surface area contributed by atoms with E-state index in [1.165, 1.54) is 0 Å². The molecule has 0 fully saturated rings. The lowest BCUT2D eigenvalue weighted by Crippen LogP contribution is -2.38. The number of amides is 1. The Morgan fingerprint density at radius 1 is 1.26 bits per heavy atom. The number of carbonyl (C=O) groups is 2. The lowest BCUT2D eigenvalue weighted by molar-refractivity contribution is -0.125. The van der Waals surface area contributed by atoms with E-state index in [2.05, 4.69) is 10.3 Å². The molecule has 1 heterocycles. The zero-order valence-corrected chi connectivity index (χ0v) is 13.3. The maximum Gasteiger partial charge on any atom is 0.355 e. The summed E-state index contributed by atoms with van der Waals surface area (Å²) in [6, 6.07) is 6.94. The lowest BCUT2D eigenvalue weighted by Gasteiger charge is -2.12. The van der Waals surface area contributed by atoms with E-state index in [0.29, 0.717) is 12.4 Å². The number of esters is 1. The number of ether oxygens (including phenoxy) is 3. The van der Waals surface area contributed by atoms with Gasteiger partial charge in [-0.25, -0.2) is 4.79 Å². The summed E-state index contributed by atoms with van der Waals surface area (Å²) in [6.45, 7) is 1.85. The van der Waals surface area contributed by atoms with Crippen molar-refractivity contribution >= 4 is 22.8 Å². The van der Waals surface area contributed by atoms with E-state index in [-0.39, 0.29) is 24.2 Å². The van der Waals surface area contributed by atoms with Crippen molar-refractivity contribution in [2.75, 3.05) is 27.4 Å². The number of hydrogen-bond acceptors (Lipinski definition) is 5. The summed E-state index contributed by atoms with van der Waals surface area (Å²) in [7, 11) is 3.12. The SMILES string of the molecule is COCC(C)NC(=O)COC(=O)c1cc2ccc(OC)cc2[nH]1. The second kappa shape index (κ2) is 7.64. The molecule has 2 N–H and O–H groups in total. The number of rotatable bonds is 7. The van der Waals surface area contributed by atoms with Gasteiger partial charge in [-0.3, -0.25) is 4.79 Å². The van der Waals surface area contributed by atoms with Crippen LogP contribution in [0.15, 0.2) is 24.3 Å². The highest BCUT2D eigenvalue weighted by Gasteiger charge is 2.14. The first-order valence-electron chi connectivity index (χ1n) is 7.15. The first-order valence-corrected chi connectivity index (χ1v) is 7.15. The summed E-state index contributed by atoms with van der Waals surface area (Å²) in [6.07, 6.45) is 0. The van der Waals surface area contributed by atoms with Crippen LogP contribution in [-0.4, -0.2) is 50.3 Å². The number of hydrogen-bond donors (Lipinski definition) is 2. The van der Waals surface area contributed by atoms with Crippen LogP contribution in [0.5, 0.6) is 5.75 Å². The molecule has 0 spiro atoms. The molecular formula is C16H20N2O5. The number of aromatic nitrogens is 1. The average molecular weight is 320 g/mol. The summed E-state index contributed by atoms with van der Waals surface area (Å²) in [5.41, 5.74) is 1.04. The lowest BCUT2D eigenvalue weighted by atomic mass is 10.2. The Morgan fingerprint density at radius 2 is 2.04 bits per heavy atom. The number of H-pyrrole nitrogens is 1. The number of carbonyl (C=O) groups excluding carboxylic acids is 2. The normalized spacial score (nSPS) is 12.0. The third-order valence-corrected chi connectivity index (χ3v) is 3.21. The van der Waals surface area contributed by atoms with Gasteiger partial charge in [-0.15, -0.1) is 0 Å². The van der Waals surface area contributed by atoms with Gasteiger partial charge in [0.1, 0.15) is 11.4 Å². The van der Waals surface area contributed by atoms with Crippen LogP contribution in [0.4, 0.5) is 0 Å². The minimum atomic E-state index is -0.588. The maximum absolute atomic E-state index is 12.0. The molecule has 0 saturated heterocycles. The summed E-state index contributed by atoms with van der Waals surface area (Å²) >= 11 is 0. The van der Waals surface area contributed by atoms with Gasteiger partial charge >= 0.3 is 5.97 Å². The van der Waals surface area contributed by atoms with Crippen LogP contribution in [0.25, 0.3) is 10.9 Å². The average Bonchev–Trinajstić information content (AvgIpc) is 2.95. The van der Waals surface area contributed by atoms with Crippen molar-refractivity contribution < 1.29 is 23.8 Å². The molecular weight excluding hydrogens is 300 g/mol. The minimum Gasteiger partial charge on any atom is -0.497 e. The predicted molar refractivity (Wildman–Crippen MR) is 84.6 cm³/mol. The molecule has 124 valence electrons. The highest BCUT2D eigenvalue weighted by molar-refractivity contribution is 5.96. The van der Waals surface area contributed by atoms with Crippen molar-refractivity contribution in [3.8, 4) is 5.75 Å². The fourth-order valence-corrected chi connectivity index (χ4v) is 2.16. The Hall–Kier alpha value is -2.54. The van der Waals surface area contributed by atoms with Crippen molar-refractivity contribution in [2.24, 2.45) is 0 Å². The van der Waals surface area contributed by atoms with Gasteiger partial charge in [-0.2, -0.15) is 0 Å². The zero-order valence-electron chi connectivity index (χ0n) is 13.3.